The van der Waals surface area contributed by atoms with Crippen LogP contribution in [0.25, 0.3) is 0 Å². The number of ether oxygens (including phenoxy) is 1. The van der Waals surface area contributed by atoms with Crippen molar-refractivity contribution in [2.45, 2.75) is 24.5 Å². The normalized spacial score (nSPS) is 35.2. The first-order valence-corrected chi connectivity index (χ1v) is 6.52. The Morgan fingerprint density at radius 1 is 1.33 bits per heavy atom. The van der Waals surface area contributed by atoms with Gasteiger partial charge in [-0.15, -0.1) is 0 Å². The second-order valence-electron chi connectivity index (χ2n) is 5.27. The van der Waals surface area contributed by atoms with Crippen LogP contribution in [0.1, 0.15) is 0 Å². The number of quaternary nitrogens is 1. The van der Waals surface area contributed by atoms with E-state index in [0.29, 0.717) is 10.6 Å². The van der Waals surface area contributed by atoms with E-state index in [1.165, 1.54) is 4.90 Å². The number of aliphatic hydroxyl groups is 3. The molecule has 116 valence electrons. The second-order valence-corrected chi connectivity index (χ2v) is 5.27. The molecule has 1 aromatic rings. The minimum absolute atomic E-state index is 0.246. The molecule has 0 aromatic carbocycles. The average molecular weight is 301 g/mol. The second kappa shape index (κ2) is 4.93. The van der Waals surface area contributed by atoms with Crippen LogP contribution in [-0.4, -0.2) is 70.2 Å². The summed E-state index contributed by atoms with van der Waals surface area (Å²) in [4.78, 5) is 30.2. The van der Waals surface area contributed by atoms with E-state index >= 15 is 0 Å². The van der Waals surface area contributed by atoms with Crippen LogP contribution in [0.15, 0.2) is 9.59 Å². The van der Waals surface area contributed by atoms with E-state index in [-0.39, 0.29) is 12.5 Å². The van der Waals surface area contributed by atoms with Crippen molar-refractivity contribution in [1.29, 1.82) is 0 Å². The number of anilines is 1. The summed E-state index contributed by atoms with van der Waals surface area (Å²) >= 11 is 0. The highest BCUT2D eigenvalue weighted by molar-refractivity contribution is 5.58. The summed E-state index contributed by atoms with van der Waals surface area (Å²) in [5.41, 5.74) is -0.849. The zero-order valence-corrected chi connectivity index (χ0v) is 11.2. The molecule has 0 amide bonds. The smallest absolute Gasteiger partial charge is 0.327 e. The summed E-state index contributed by atoms with van der Waals surface area (Å²) in [7, 11) is 1.73. The molecule has 1 saturated heterocycles. The van der Waals surface area contributed by atoms with Gasteiger partial charge in [-0.1, -0.05) is 0 Å². The number of nitrogens with zero attached hydrogens (tertiary/aromatic N) is 1. The molecule has 1 aromatic heterocycles. The number of hydrogen-bond donors (Lipinski definition) is 6. The Morgan fingerprint density at radius 2 is 2.05 bits per heavy atom. The van der Waals surface area contributed by atoms with Gasteiger partial charge in [0.05, 0.1) is 13.7 Å². The van der Waals surface area contributed by atoms with E-state index in [1.54, 1.807) is 7.05 Å². The summed E-state index contributed by atoms with van der Waals surface area (Å²) in [6.45, 7) is -0.172. The molecule has 3 rings (SSSR count). The third-order valence-corrected chi connectivity index (χ3v) is 3.87. The number of rotatable bonds is 2. The minimum atomic E-state index is -1.26. The molecule has 5 atom stereocenters. The molecule has 6 N–H and O–H groups in total. The average Bonchev–Trinajstić information content (AvgIpc) is 2.89. The highest BCUT2D eigenvalue weighted by atomic mass is 16.6. The predicted molar refractivity (Wildman–Crippen MR) is 69.3 cm³/mol. The lowest BCUT2D eigenvalue weighted by Gasteiger charge is -2.25. The highest BCUT2D eigenvalue weighted by Gasteiger charge is 2.49. The van der Waals surface area contributed by atoms with Crippen LogP contribution in [-0.2, 0) is 4.74 Å². The fourth-order valence-corrected chi connectivity index (χ4v) is 2.85. The Hall–Kier alpha value is -1.72. The van der Waals surface area contributed by atoms with Gasteiger partial charge in [-0.2, -0.15) is 0 Å². The summed E-state index contributed by atoms with van der Waals surface area (Å²) < 4.78 is 5.43. The number of nitrogens with one attached hydrogen (secondary N) is 3. The maximum Gasteiger partial charge on any atom is 0.327 e. The number of hydrogen-bond acceptors (Lipinski definition) is 7. The molecule has 1 unspecified atom stereocenters. The van der Waals surface area contributed by atoms with E-state index in [0.717, 1.165) is 0 Å². The van der Waals surface area contributed by atoms with Gasteiger partial charge in [-0.25, -0.2) is 4.79 Å². The molecule has 2 aliphatic rings. The predicted octanol–water partition coefficient (Wildman–Crippen LogP) is -4.57. The molecule has 10 nitrogen and oxygen atoms in total. The number of aromatic nitrogens is 2. The Labute approximate surface area is 118 Å². The molecular weight excluding hydrogens is 284 g/mol. The van der Waals surface area contributed by atoms with Gasteiger partial charge in [-0.3, -0.25) is 24.6 Å². The van der Waals surface area contributed by atoms with E-state index in [4.69, 9.17) is 9.84 Å². The van der Waals surface area contributed by atoms with Crippen LogP contribution < -0.4 is 21.0 Å². The largest absolute Gasteiger partial charge is 0.394 e. The molecule has 0 saturated carbocycles. The Kier molecular flexibility index (Phi) is 3.34. The van der Waals surface area contributed by atoms with E-state index in [9.17, 15) is 19.8 Å². The van der Waals surface area contributed by atoms with Crippen LogP contribution in [0.4, 0.5) is 11.5 Å². The molecule has 2 aliphatic heterocycles. The molecule has 1 fully saturated rings. The number of fused-ring (bicyclic) bond motifs is 1. The van der Waals surface area contributed by atoms with Crippen LogP contribution in [0, 0.1) is 0 Å². The maximum atomic E-state index is 11.9. The first-order valence-electron chi connectivity index (χ1n) is 6.52. The minimum Gasteiger partial charge on any atom is -0.394 e. The number of aliphatic hydroxyl groups excluding tert-OH is 3. The lowest BCUT2D eigenvalue weighted by molar-refractivity contribution is -0.804. The quantitative estimate of drug-likeness (QED) is 0.323. The molecule has 3 heterocycles. The zero-order chi connectivity index (χ0) is 15.3. The van der Waals surface area contributed by atoms with Gasteiger partial charge in [0.15, 0.2) is 18.7 Å². The first-order chi connectivity index (χ1) is 9.93. The third-order valence-electron chi connectivity index (χ3n) is 3.87. The van der Waals surface area contributed by atoms with Crippen molar-refractivity contribution in [2.75, 3.05) is 25.2 Å². The molecule has 0 aliphatic carbocycles. The van der Waals surface area contributed by atoms with Crippen LogP contribution in [0.2, 0.25) is 0 Å². The van der Waals surface area contributed by atoms with Crippen molar-refractivity contribution in [1.82, 2.24) is 9.97 Å². The van der Waals surface area contributed by atoms with Gasteiger partial charge in [-0.05, 0) is 0 Å². The van der Waals surface area contributed by atoms with Crippen molar-refractivity contribution < 1.29 is 25.0 Å². The molecule has 0 spiro atoms. The summed E-state index contributed by atoms with van der Waals surface area (Å²) in [5.74, 6) is 0.246. The van der Waals surface area contributed by atoms with Gasteiger partial charge in [0.2, 0.25) is 5.69 Å². The van der Waals surface area contributed by atoms with Crippen molar-refractivity contribution in [3.8, 4) is 0 Å². The van der Waals surface area contributed by atoms with Gasteiger partial charge in [0, 0.05) is 0 Å². The molecule has 0 bridgehead atoms. The SMILES string of the molecule is C[NH+]1CN([C@@H]2O[C@@H](CO)[C@@H](O)[C@H]2O)c2[nH]c(=O)[nH]c(=O)c21. The topological polar surface area (TPSA) is 143 Å². The lowest BCUT2D eigenvalue weighted by atomic mass is 10.1. The number of aromatic amines is 2. The third kappa shape index (κ3) is 2.08. The van der Waals surface area contributed by atoms with Gasteiger partial charge >= 0.3 is 11.2 Å². The van der Waals surface area contributed by atoms with Crippen LogP contribution in [0.5, 0.6) is 0 Å². The Morgan fingerprint density at radius 3 is 2.67 bits per heavy atom. The van der Waals surface area contributed by atoms with E-state index in [1.807, 2.05) is 0 Å². The van der Waals surface area contributed by atoms with E-state index < -0.39 is 42.4 Å². The van der Waals surface area contributed by atoms with Crippen LogP contribution in [0.3, 0.4) is 0 Å². The van der Waals surface area contributed by atoms with Crippen LogP contribution >= 0.6 is 0 Å². The highest BCUT2D eigenvalue weighted by Crippen LogP contribution is 2.29. The van der Waals surface area contributed by atoms with Crippen molar-refractivity contribution >= 4 is 11.5 Å². The van der Waals surface area contributed by atoms with Crippen molar-refractivity contribution in [3.63, 3.8) is 0 Å². The zero-order valence-electron chi connectivity index (χ0n) is 11.2. The Bertz CT molecular complexity index is 657. The molecule has 0 radical (unpaired) electrons. The summed E-state index contributed by atoms with van der Waals surface area (Å²) in [6, 6.07) is 0. The molecule has 21 heavy (non-hydrogen) atoms. The van der Waals surface area contributed by atoms with Crippen molar-refractivity contribution in [2.24, 2.45) is 0 Å². The standard InChI is InChI=1S/C11H16N4O6/c1-14-3-15(8-5(14)9(19)13-11(20)12-8)10-7(18)6(17)4(2-16)21-10/h4,6-7,10,16-18H,2-3H2,1H3,(H2,12,13,19,20)/p+1/t4-,6+,7+,10+/m0/s1. The summed E-state index contributed by atoms with van der Waals surface area (Å²) in [6.07, 6.45) is -4.37. The lowest BCUT2D eigenvalue weighted by Crippen LogP contribution is -3.04. The fraction of sp³-hybridized carbons (Fsp3) is 0.636. The van der Waals surface area contributed by atoms with E-state index in [2.05, 4.69) is 9.97 Å². The maximum absolute atomic E-state index is 11.9. The van der Waals surface area contributed by atoms with Gasteiger partial charge < -0.3 is 20.1 Å². The number of H-pyrrole nitrogens is 2. The first kappa shape index (κ1) is 14.2. The monoisotopic (exact) mass is 301 g/mol. The summed E-state index contributed by atoms with van der Waals surface area (Å²) in [5, 5.41) is 29.0. The van der Waals surface area contributed by atoms with Gasteiger partial charge in [0.25, 0.3) is 0 Å². The van der Waals surface area contributed by atoms with Gasteiger partial charge in [0.1, 0.15) is 18.3 Å². The van der Waals surface area contributed by atoms with Crippen molar-refractivity contribution in [3.05, 3.63) is 20.8 Å². The molecular formula is C11H17N4O6+. The fourth-order valence-electron chi connectivity index (χ4n) is 2.85. The Balaban J connectivity index is 2.01. The molecule has 10 heteroatoms.